The third-order valence-electron chi connectivity index (χ3n) is 7.94. The number of halogens is 29. The Bertz CT molecular complexity index is 2080. The summed E-state index contributed by atoms with van der Waals surface area (Å²) in [5, 5.41) is 0. The SMILES string of the molecule is O=C(OS(c1ccccc1)(c1c(F)cc(F)cc1F)c1c(F)cc(F)cc1F)C(F)(F)C(F)(F)C(F)(F)C(F)(F)C(F)(F)C(F)(F)C(F)(F)C(F)(F)C(F)(F)C(F)(F)C(F)(F)F. The summed E-state index contributed by atoms with van der Waals surface area (Å²) in [5.74, 6) is -113. The van der Waals surface area contributed by atoms with Gasteiger partial charge in [-0.05, 0) is 12.1 Å². The molecule has 0 aromatic heterocycles. The van der Waals surface area contributed by atoms with Gasteiger partial charge in [0.2, 0.25) is 0 Å². The summed E-state index contributed by atoms with van der Waals surface area (Å²) in [6.45, 7) is 0. The van der Waals surface area contributed by atoms with Gasteiger partial charge in [-0.2, -0.15) is 101 Å². The van der Waals surface area contributed by atoms with Gasteiger partial charge in [-0.3, -0.25) is 0 Å². The number of hydrogen-bond donors (Lipinski definition) is 0. The number of rotatable bonds is 14. The highest BCUT2D eigenvalue weighted by Crippen LogP contribution is 2.73. The molecule has 0 N–H and O–H groups in total. The summed E-state index contributed by atoms with van der Waals surface area (Å²) >= 11 is 0. The number of carbonyl (C=O) groups is 1. The molecule has 0 radical (unpaired) electrons. The summed E-state index contributed by atoms with van der Waals surface area (Å²) in [6.07, 6.45) is -8.28. The van der Waals surface area contributed by atoms with Crippen LogP contribution in [-0.2, 0) is 8.98 Å². The maximum Gasteiger partial charge on any atom is 0.460 e. The van der Waals surface area contributed by atoms with Crippen molar-refractivity contribution in [2.24, 2.45) is 0 Å². The average molecular weight is 984 g/mol. The fourth-order valence-corrected chi connectivity index (χ4v) is 7.88. The minimum atomic E-state index is -9.80. The Hall–Kier alpha value is -4.55. The molecule has 0 atom stereocenters. The smallest absolute Gasteiger partial charge is 0.397 e. The van der Waals surface area contributed by atoms with Crippen LogP contribution in [0.25, 0.3) is 0 Å². The first-order valence-corrected chi connectivity index (χ1v) is 16.2. The molecule has 0 aliphatic heterocycles. The fraction of sp³-hybridized carbons (Fsp3) is 0.367. The zero-order valence-electron chi connectivity index (χ0n) is 27.9. The summed E-state index contributed by atoms with van der Waals surface area (Å²) in [6, 6.07) is -0.344. The van der Waals surface area contributed by atoms with Crippen LogP contribution in [0.2, 0.25) is 0 Å². The first-order valence-electron chi connectivity index (χ1n) is 14.6. The van der Waals surface area contributed by atoms with Crippen molar-refractivity contribution in [2.45, 2.75) is 80.1 Å². The van der Waals surface area contributed by atoms with Crippen LogP contribution in [0.15, 0.2) is 69.3 Å². The van der Waals surface area contributed by atoms with Gasteiger partial charge in [0.25, 0.3) is 0 Å². The molecule has 0 amide bonds. The van der Waals surface area contributed by atoms with Crippen LogP contribution in [0.5, 0.6) is 0 Å². The molecule has 0 aliphatic carbocycles. The van der Waals surface area contributed by atoms with Gasteiger partial charge in [0.05, 0.1) is 0 Å². The molecular formula is C30H9F29O2S. The first-order chi connectivity index (χ1) is 27.4. The predicted octanol–water partition coefficient (Wildman–Crippen LogP) is 13.2. The lowest BCUT2D eigenvalue weighted by molar-refractivity contribution is -0.477. The highest BCUT2D eigenvalue weighted by Gasteiger charge is 2.99. The van der Waals surface area contributed by atoms with Crippen LogP contribution in [0, 0.1) is 34.9 Å². The lowest BCUT2D eigenvalue weighted by atomic mass is 9.85. The molecule has 0 heterocycles. The normalized spacial score (nSPS) is 15.2. The molecule has 2 nitrogen and oxygen atoms in total. The number of benzene rings is 3. The van der Waals surface area contributed by atoms with E-state index >= 15 is 26.3 Å². The van der Waals surface area contributed by atoms with E-state index in [1.165, 1.54) is 0 Å². The Morgan fingerprint density at radius 3 is 0.919 bits per heavy atom. The van der Waals surface area contributed by atoms with Gasteiger partial charge in [0, 0.05) is 39.5 Å². The van der Waals surface area contributed by atoms with E-state index in [0.29, 0.717) is 12.1 Å². The van der Waals surface area contributed by atoms with Crippen LogP contribution < -0.4 is 0 Å². The van der Waals surface area contributed by atoms with Crippen molar-refractivity contribution in [1.29, 1.82) is 0 Å². The Morgan fingerprint density at radius 2 is 0.645 bits per heavy atom. The third kappa shape index (κ3) is 6.89. The lowest BCUT2D eigenvalue weighted by Gasteiger charge is -2.45. The largest absolute Gasteiger partial charge is 0.460 e. The molecular weight excluding hydrogens is 975 g/mol. The van der Waals surface area contributed by atoms with Crippen molar-refractivity contribution >= 4 is 16.3 Å². The summed E-state index contributed by atoms with van der Waals surface area (Å²) < 4.78 is 414. The lowest BCUT2D eigenvalue weighted by Crippen LogP contribution is -2.78. The zero-order valence-corrected chi connectivity index (χ0v) is 28.7. The van der Waals surface area contributed by atoms with E-state index in [-0.39, 0.29) is 12.1 Å². The van der Waals surface area contributed by atoms with Crippen molar-refractivity contribution in [3.8, 4) is 0 Å². The Kier molecular flexibility index (Phi) is 12.6. The van der Waals surface area contributed by atoms with Gasteiger partial charge < -0.3 is 4.18 Å². The highest BCUT2D eigenvalue weighted by molar-refractivity contribution is 8.30. The maximum atomic E-state index is 15.3. The molecule has 0 bridgehead atoms. The number of carbonyl (C=O) groups excluding carboxylic acids is 1. The average Bonchev–Trinajstić information content (AvgIpc) is 3.09. The topological polar surface area (TPSA) is 26.3 Å². The van der Waals surface area contributed by atoms with E-state index in [1.54, 1.807) is 0 Å². The van der Waals surface area contributed by atoms with Crippen LogP contribution in [0.3, 0.4) is 0 Å². The highest BCUT2D eigenvalue weighted by atomic mass is 32.3. The van der Waals surface area contributed by atoms with Gasteiger partial charge in [-0.25, -0.2) is 31.1 Å². The van der Waals surface area contributed by atoms with E-state index < -0.39 is 156 Å². The van der Waals surface area contributed by atoms with Gasteiger partial charge in [-0.15, -0.1) is 0 Å². The van der Waals surface area contributed by atoms with Crippen molar-refractivity contribution < 1.29 is 136 Å². The van der Waals surface area contributed by atoms with E-state index in [4.69, 9.17) is 0 Å². The molecule has 0 fully saturated rings. The minimum absolute atomic E-state index is 0.152. The van der Waals surface area contributed by atoms with Crippen LogP contribution >= 0.6 is 10.3 Å². The standard InChI is InChI=1S/C30H9F29O2S/c31-10-6-13(33)17(14(34)7-10)62(12-4-2-1-3-5-12,18-15(35)8-11(32)9-16(18)36)61-19(60)20(37,38)21(39,40)22(41,42)23(43,44)24(45,46)25(47,48)26(49,50)27(51,52)28(53,54)29(55,56)30(57,58)59/h1-9H. The molecule has 0 spiro atoms. The molecule has 62 heavy (non-hydrogen) atoms. The number of hydrogen-bond acceptors (Lipinski definition) is 2. The maximum absolute atomic E-state index is 15.3. The molecule has 0 aliphatic rings. The predicted molar refractivity (Wildman–Crippen MR) is 143 cm³/mol. The summed E-state index contributed by atoms with van der Waals surface area (Å²) in [4.78, 5) is 6.08. The first kappa shape index (κ1) is 51.8. The molecule has 0 unspecified atom stereocenters. The molecule has 0 saturated carbocycles. The summed E-state index contributed by atoms with van der Waals surface area (Å²) in [5.41, 5.74) is 0. The monoisotopic (exact) mass is 984 g/mol. The molecule has 350 valence electrons. The van der Waals surface area contributed by atoms with Crippen molar-refractivity contribution in [3.63, 3.8) is 0 Å². The Balaban J connectivity index is 2.37. The second-order valence-electron chi connectivity index (χ2n) is 11.9. The molecule has 3 rings (SSSR count). The van der Waals surface area contributed by atoms with Gasteiger partial charge >= 0.3 is 71.4 Å². The molecule has 3 aromatic carbocycles. The van der Waals surface area contributed by atoms with Crippen molar-refractivity contribution in [1.82, 2.24) is 0 Å². The molecule has 0 saturated heterocycles. The quantitative estimate of drug-likeness (QED) is 0.151. The van der Waals surface area contributed by atoms with Crippen molar-refractivity contribution in [3.05, 3.63) is 89.5 Å². The van der Waals surface area contributed by atoms with E-state index in [9.17, 15) is 106 Å². The van der Waals surface area contributed by atoms with Gasteiger partial charge in [0.15, 0.2) is 0 Å². The van der Waals surface area contributed by atoms with E-state index in [1.807, 2.05) is 0 Å². The number of alkyl halides is 23. The van der Waals surface area contributed by atoms with Crippen molar-refractivity contribution in [2.75, 3.05) is 0 Å². The second-order valence-corrected chi connectivity index (χ2v) is 14.4. The third-order valence-corrected chi connectivity index (χ3v) is 11.2. The van der Waals surface area contributed by atoms with Gasteiger partial charge in [-0.1, -0.05) is 18.2 Å². The van der Waals surface area contributed by atoms with Crippen LogP contribution in [-0.4, -0.2) is 71.4 Å². The molecule has 32 heteroatoms. The van der Waals surface area contributed by atoms with E-state index in [0.717, 1.165) is 6.07 Å². The van der Waals surface area contributed by atoms with Crippen LogP contribution in [0.4, 0.5) is 127 Å². The second kappa shape index (κ2) is 15.0. The fourth-order valence-electron chi connectivity index (χ4n) is 4.74. The minimum Gasteiger partial charge on any atom is -0.397 e. The Labute approximate surface area is 322 Å². The Morgan fingerprint density at radius 1 is 0.387 bits per heavy atom. The zero-order chi connectivity index (χ0) is 48.8. The molecule has 3 aromatic rings. The van der Waals surface area contributed by atoms with Gasteiger partial charge in [0.1, 0.15) is 44.7 Å². The van der Waals surface area contributed by atoms with E-state index in [2.05, 4.69) is 4.18 Å². The van der Waals surface area contributed by atoms with Crippen LogP contribution in [0.1, 0.15) is 0 Å². The summed E-state index contributed by atoms with van der Waals surface area (Å²) in [7, 11) is -6.33.